The molecule has 0 saturated heterocycles. The first-order chi connectivity index (χ1) is 16.2. The van der Waals surface area contributed by atoms with Gasteiger partial charge in [0.2, 0.25) is 0 Å². The highest BCUT2D eigenvalue weighted by atomic mass is 19.4. The van der Waals surface area contributed by atoms with E-state index in [-0.39, 0.29) is 11.3 Å². The molecule has 0 spiro atoms. The molecule has 2 aromatic heterocycles. The van der Waals surface area contributed by atoms with Crippen LogP contribution in [0.4, 0.5) is 18.9 Å². The first kappa shape index (κ1) is 23.0. The Labute approximate surface area is 194 Å². The van der Waals surface area contributed by atoms with Crippen molar-refractivity contribution in [3.8, 4) is 28.3 Å². The minimum Gasteiger partial charge on any atom is -0.497 e. The molecular formula is C26H20F3N3O2. The van der Waals surface area contributed by atoms with Gasteiger partial charge >= 0.3 is 6.18 Å². The monoisotopic (exact) mass is 463 g/mol. The highest BCUT2D eigenvalue weighted by molar-refractivity contribution is 6.05. The number of hydrogen-bond acceptors (Lipinski definition) is 4. The van der Waals surface area contributed by atoms with Crippen LogP contribution in [0.15, 0.2) is 78.9 Å². The number of ether oxygens (including phenoxy) is 1. The van der Waals surface area contributed by atoms with Crippen LogP contribution < -0.4 is 10.1 Å². The molecule has 0 fully saturated rings. The number of anilines is 1. The Bertz CT molecular complexity index is 1340. The molecule has 5 nitrogen and oxygen atoms in total. The van der Waals surface area contributed by atoms with Crippen LogP contribution in [0.2, 0.25) is 0 Å². The summed E-state index contributed by atoms with van der Waals surface area (Å²) in [4.78, 5) is 20.9. The van der Waals surface area contributed by atoms with Crippen molar-refractivity contribution in [2.45, 2.75) is 13.1 Å². The Hall–Kier alpha value is -4.20. The van der Waals surface area contributed by atoms with E-state index in [0.717, 1.165) is 34.7 Å². The molecule has 4 rings (SSSR count). The van der Waals surface area contributed by atoms with Gasteiger partial charge in [-0.1, -0.05) is 18.2 Å². The average Bonchev–Trinajstić information content (AvgIpc) is 2.83. The van der Waals surface area contributed by atoms with Gasteiger partial charge in [-0.3, -0.25) is 4.79 Å². The summed E-state index contributed by atoms with van der Waals surface area (Å²) in [6.45, 7) is 1.37. The Morgan fingerprint density at radius 1 is 0.853 bits per heavy atom. The lowest BCUT2D eigenvalue weighted by Gasteiger charge is -2.11. The fourth-order valence-electron chi connectivity index (χ4n) is 3.43. The van der Waals surface area contributed by atoms with E-state index in [1.165, 1.54) is 6.92 Å². The summed E-state index contributed by atoms with van der Waals surface area (Å²) < 4.78 is 43.7. The molecule has 0 bridgehead atoms. The van der Waals surface area contributed by atoms with Gasteiger partial charge in [-0.05, 0) is 67.6 Å². The molecule has 0 aliphatic rings. The molecular weight excluding hydrogens is 443 g/mol. The van der Waals surface area contributed by atoms with Crippen LogP contribution in [0.5, 0.6) is 5.75 Å². The number of halogens is 3. The number of carbonyl (C=O) groups excluding carboxylic acids is 1. The number of nitrogens with one attached hydrogen (secondary N) is 1. The van der Waals surface area contributed by atoms with Crippen molar-refractivity contribution in [1.82, 2.24) is 9.97 Å². The second-order valence-electron chi connectivity index (χ2n) is 7.50. The quantitative estimate of drug-likeness (QED) is 0.372. The minimum atomic E-state index is -4.57. The summed E-state index contributed by atoms with van der Waals surface area (Å²) in [7, 11) is 1.61. The van der Waals surface area contributed by atoms with Crippen molar-refractivity contribution in [3.05, 3.63) is 95.8 Å². The zero-order chi connectivity index (χ0) is 24.3. The van der Waals surface area contributed by atoms with Crippen molar-refractivity contribution in [3.63, 3.8) is 0 Å². The van der Waals surface area contributed by atoms with Gasteiger partial charge in [0, 0.05) is 16.8 Å². The lowest BCUT2D eigenvalue weighted by atomic mass is 10.1. The third-order valence-electron chi connectivity index (χ3n) is 5.17. The second-order valence-corrected chi connectivity index (χ2v) is 7.50. The van der Waals surface area contributed by atoms with E-state index in [0.29, 0.717) is 11.4 Å². The maximum atomic E-state index is 12.8. The molecule has 0 atom stereocenters. The lowest BCUT2D eigenvalue weighted by Crippen LogP contribution is -2.16. The molecule has 2 heterocycles. The molecule has 0 unspecified atom stereocenters. The molecule has 0 saturated carbocycles. The number of methoxy groups -OCH3 is 1. The van der Waals surface area contributed by atoms with Crippen molar-refractivity contribution in [1.29, 1.82) is 0 Å². The molecule has 172 valence electrons. The zero-order valence-electron chi connectivity index (χ0n) is 18.4. The Kier molecular flexibility index (Phi) is 6.32. The molecule has 34 heavy (non-hydrogen) atoms. The molecule has 1 N–H and O–H groups in total. The Morgan fingerprint density at radius 2 is 1.53 bits per heavy atom. The topological polar surface area (TPSA) is 64.1 Å². The normalized spacial score (nSPS) is 11.2. The molecule has 4 aromatic rings. The van der Waals surface area contributed by atoms with Gasteiger partial charge in [-0.15, -0.1) is 0 Å². The number of rotatable bonds is 5. The van der Waals surface area contributed by atoms with Gasteiger partial charge in [0.1, 0.15) is 11.4 Å². The number of alkyl halides is 3. The van der Waals surface area contributed by atoms with E-state index in [4.69, 9.17) is 9.72 Å². The molecule has 0 aliphatic carbocycles. The lowest BCUT2D eigenvalue weighted by molar-refractivity contribution is -0.141. The molecule has 0 aliphatic heterocycles. The van der Waals surface area contributed by atoms with Crippen LogP contribution >= 0.6 is 0 Å². The SMILES string of the molecule is COc1ccc(-c2cccc(-c3cccc(NC(=O)c4ccc(C(F)(F)F)nc4C)c3)n2)cc1. The molecule has 8 heteroatoms. The van der Waals surface area contributed by atoms with Gasteiger partial charge in [0.25, 0.3) is 5.91 Å². The van der Waals surface area contributed by atoms with Gasteiger partial charge < -0.3 is 10.1 Å². The molecule has 1 amide bonds. The summed E-state index contributed by atoms with van der Waals surface area (Å²) in [5.74, 6) is 0.206. The van der Waals surface area contributed by atoms with E-state index < -0.39 is 17.8 Å². The van der Waals surface area contributed by atoms with Crippen LogP contribution in [-0.2, 0) is 6.18 Å². The van der Waals surface area contributed by atoms with Crippen LogP contribution in [0, 0.1) is 6.92 Å². The molecule has 2 aromatic carbocycles. The number of amides is 1. The number of pyridine rings is 2. The van der Waals surface area contributed by atoms with Crippen LogP contribution in [0.25, 0.3) is 22.5 Å². The summed E-state index contributed by atoms with van der Waals surface area (Å²) in [6, 6.07) is 22.2. The van der Waals surface area contributed by atoms with Gasteiger partial charge in [-0.25, -0.2) is 9.97 Å². The van der Waals surface area contributed by atoms with E-state index in [1.807, 2.05) is 48.5 Å². The highest BCUT2D eigenvalue weighted by Gasteiger charge is 2.33. The van der Waals surface area contributed by atoms with Crippen LogP contribution in [0.1, 0.15) is 21.7 Å². The van der Waals surface area contributed by atoms with Gasteiger partial charge in [-0.2, -0.15) is 13.2 Å². The van der Waals surface area contributed by atoms with Gasteiger partial charge in [0.05, 0.1) is 29.8 Å². The van der Waals surface area contributed by atoms with Crippen molar-refractivity contribution >= 4 is 11.6 Å². The predicted molar refractivity (Wildman–Crippen MR) is 124 cm³/mol. The van der Waals surface area contributed by atoms with Crippen molar-refractivity contribution in [2.24, 2.45) is 0 Å². The maximum absolute atomic E-state index is 12.8. The fourth-order valence-corrected chi connectivity index (χ4v) is 3.43. The predicted octanol–water partition coefficient (Wildman–Crippen LogP) is 6.40. The van der Waals surface area contributed by atoms with E-state index >= 15 is 0 Å². The Morgan fingerprint density at radius 3 is 2.18 bits per heavy atom. The van der Waals surface area contributed by atoms with E-state index in [2.05, 4.69) is 10.3 Å². The molecule has 0 radical (unpaired) electrons. The summed E-state index contributed by atoms with van der Waals surface area (Å²) in [6.07, 6.45) is -4.57. The first-order valence-corrected chi connectivity index (χ1v) is 10.3. The third kappa shape index (κ3) is 5.06. The van der Waals surface area contributed by atoms with Crippen molar-refractivity contribution < 1.29 is 22.7 Å². The fraction of sp³-hybridized carbons (Fsp3) is 0.115. The summed E-state index contributed by atoms with van der Waals surface area (Å²) in [5.41, 5.74) is 2.70. The number of hydrogen-bond donors (Lipinski definition) is 1. The van der Waals surface area contributed by atoms with Gasteiger partial charge in [0.15, 0.2) is 0 Å². The van der Waals surface area contributed by atoms with Crippen LogP contribution in [-0.4, -0.2) is 23.0 Å². The second kappa shape index (κ2) is 9.35. The number of carbonyl (C=O) groups is 1. The number of aromatic nitrogens is 2. The average molecular weight is 463 g/mol. The first-order valence-electron chi connectivity index (χ1n) is 10.3. The van der Waals surface area contributed by atoms with Crippen molar-refractivity contribution in [2.75, 3.05) is 12.4 Å². The Balaban J connectivity index is 1.56. The standard InChI is InChI=1S/C26H20F3N3O2/c1-16-21(13-14-24(30-16)26(27,28)29)25(33)31-19-6-3-5-18(15-19)23-8-4-7-22(32-23)17-9-11-20(34-2)12-10-17/h3-15H,1-2H3,(H,31,33). The van der Waals surface area contributed by atoms with E-state index in [9.17, 15) is 18.0 Å². The minimum absolute atomic E-state index is 0.00246. The number of benzene rings is 2. The smallest absolute Gasteiger partial charge is 0.433 e. The number of nitrogens with zero attached hydrogens (tertiary/aromatic N) is 2. The number of aryl methyl sites for hydroxylation is 1. The largest absolute Gasteiger partial charge is 0.497 e. The third-order valence-corrected chi connectivity index (χ3v) is 5.17. The van der Waals surface area contributed by atoms with Crippen LogP contribution in [0.3, 0.4) is 0 Å². The van der Waals surface area contributed by atoms with E-state index in [1.54, 1.807) is 25.3 Å². The highest BCUT2D eigenvalue weighted by Crippen LogP contribution is 2.29. The maximum Gasteiger partial charge on any atom is 0.433 e. The summed E-state index contributed by atoms with van der Waals surface area (Å²) in [5, 5.41) is 2.72. The zero-order valence-corrected chi connectivity index (χ0v) is 18.4. The summed E-state index contributed by atoms with van der Waals surface area (Å²) >= 11 is 0.